The molecule has 16 heavy (non-hydrogen) atoms. The van der Waals surface area contributed by atoms with E-state index in [0.717, 1.165) is 5.69 Å². The monoisotopic (exact) mass is 218 g/mol. The molecular weight excluding hydrogens is 200 g/mol. The second-order valence-electron chi connectivity index (χ2n) is 4.60. The zero-order valence-corrected chi connectivity index (χ0v) is 9.62. The van der Waals surface area contributed by atoms with E-state index in [9.17, 15) is 4.79 Å². The fourth-order valence-electron chi connectivity index (χ4n) is 2.32. The van der Waals surface area contributed by atoms with E-state index in [0.29, 0.717) is 6.54 Å². The Morgan fingerprint density at radius 3 is 2.38 bits per heavy atom. The highest BCUT2D eigenvalue weighted by Crippen LogP contribution is 2.42. The molecule has 3 nitrogen and oxygen atoms in total. The summed E-state index contributed by atoms with van der Waals surface area (Å²) in [5, 5.41) is 2.77. The number of carbonyl (C=O) groups excluding carboxylic acids is 1. The summed E-state index contributed by atoms with van der Waals surface area (Å²) in [6.07, 6.45) is 3.64. The molecule has 1 amide bonds. The summed E-state index contributed by atoms with van der Waals surface area (Å²) < 4.78 is 0. The first kappa shape index (κ1) is 11.1. The van der Waals surface area contributed by atoms with Gasteiger partial charge in [-0.15, -0.1) is 0 Å². The van der Waals surface area contributed by atoms with Crippen molar-refractivity contribution in [1.82, 2.24) is 0 Å². The van der Waals surface area contributed by atoms with E-state index in [4.69, 9.17) is 5.73 Å². The third kappa shape index (κ3) is 1.95. The van der Waals surface area contributed by atoms with E-state index in [-0.39, 0.29) is 11.3 Å². The van der Waals surface area contributed by atoms with Gasteiger partial charge in [0.25, 0.3) is 0 Å². The predicted molar refractivity (Wildman–Crippen MR) is 65.3 cm³/mol. The van der Waals surface area contributed by atoms with Crippen molar-refractivity contribution in [2.24, 2.45) is 5.73 Å². The van der Waals surface area contributed by atoms with Gasteiger partial charge in [-0.1, -0.05) is 18.6 Å². The molecule has 1 aliphatic rings. The van der Waals surface area contributed by atoms with E-state index in [2.05, 4.69) is 17.4 Å². The van der Waals surface area contributed by atoms with Crippen molar-refractivity contribution in [3.63, 3.8) is 0 Å². The Bertz CT molecular complexity index is 374. The molecule has 1 fully saturated rings. The maximum absolute atomic E-state index is 10.9. The van der Waals surface area contributed by atoms with E-state index >= 15 is 0 Å². The minimum Gasteiger partial charge on any atom is -0.330 e. The van der Waals surface area contributed by atoms with E-state index in [1.54, 1.807) is 0 Å². The van der Waals surface area contributed by atoms with Gasteiger partial charge in [0.15, 0.2) is 0 Å². The van der Waals surface area contributed by atoms with Crippen LogP contribution in [0.4, 0.5) is 5.69 Å². The number of benzene rings is 1. The second-order valence-corrected chi connectivity index (χ2v) is 4.60. The number of anilines is 1. The molecule has 86 valence electrons. The fourth-order valence-corrected chi connectivity index (χ4v) is 2.32. The maximum Gasteiger partial charge on any atom is 0.221 e. The molecule has 1 aromatic rings. The standard InChI is InChI=1S/C13H18N2O/c1-10(16)15-12-5-3-11(4-6-12)13(9-14)7-2-8-13/h3-6H,2,7-9,14H2,1H3,(H,15,16). The van der Waals surface area contributed by atoms with E-state index < -0.39 is 0 Å². The van der Waals surface area contributed by atoms with Crippen molar-refractivity contribution in [3.05, 3.63) is 29.8 Å². The first-order chi connectivity index (χ1) is 7.66. The van der Waals surface area contributed by atoms with Crippen LogP contribution in [-0.2, 0) is 10.2 Å². The molecule has 0 bridgehead atoms. The van der Waals surface area contributed by atoms with Crippen LogP contribution in [0.15, 0.2) is 24.3 Å². The van der Waals surface area contributed by atoms with Crippen LogP contribution in [-0.4, -0.2) is 12.5 Å². The molecule has 0 unspecified atom stereocenters. The van der Waals surface area contributed by atoms with Gasteiger partial charge in [0, 0.05) is 24.6 Å². The summed E-state index contributed by atoms with van der Waals surface area (Å²) in [5.41, 5.74) is 8.20. The summed E-state index contributed by atoms with van der Waals surface area (Å²) in [7, 11) is 0. The van der Waals surface area contributed by atoms with Crippen LogP contribution in [0.25, 0.3) is 0 Å². The van der Waals surface area contributed by atoms with Gasteiger partial charge < -0.3 is 11.1 Å². The Kier molecular flexibility index (Phi) is 2.97. The third-order valence-corrected chi connectivity index (χ3v) is 3.52. The molecule has 1 aliphatic carbocycles. The smallest absolute Gasteiger partial charge is 0.221 e. The highest BCUT2D eigenvalue weighted by atomic mass is 16.1. The summed E-state index contributed by atoms with van der Waals surface area (Å²) in [6, 6.07) is 8.06. The maximum atomic E-state index is 10.9. The van der Waals surface area contributed by atoms with Crippen LogP contribution in [0.3, 0.4) is 0 Å². The van der Waals surface area contributed by atoms with E-state index in [1.165, 1.54) is 31.7 Å². The third-order valence-electron chi connectivity index (χ3n) is 3.52. The lowest BCUT2D eigenvalue weighted by atomic mass is 9.64. The SMILES string of the molecule is CC(=O)Nc1ccc(C2(CN)CCC2)cc1. The Hall–Kier alpha value is -1.35. The minimum atomic E-state index is -0.0371. The first-order valence-corrected chi connectivity index (χ1v) is 5.74. The summed E-state index contributed by atoms with van der Waals surface area (Å²) in [5.74, 6) is -0.0371. The summed E-state index contributed by atoms with van der Waals surface area (Å²) in [6.45, 7) is 2.23. The molecular formula is C13H18N2O. The molecule has 0 saturated heterocycles. The molecule has 2 rings (SSSR count). The van der Waals surface area contributed by atoms with Crippen molar-refractivity contribution < 1.29 is 4.79 Å². The number of carbonyl (C=O) groups is 1. The number of hydrogen-bond donors (Lipinski definition) is 2. The molecule has 0 heterocycles. The molecule has 0 aromatic heterocycles. The lowest BCUT2D eigenvalue weighted by Crippen LogP contribution is -2.41. The normalized spacial score (nSPS) is 17.6. The van der Waals surface area contributed by atoms with Gasteiger partial charge in [-0.25, -0.2) is 0 Å². The van der Waals surface area contributed by atoms with Crippen molar-refractivity contribution in [1.29, 1.82) is 0 Å². The summed E-state index contributed by atoms with van der Waals surface area (Å²) in [4.78, 5) is 10.9. The highest BCUT2D eigenvalue weighted by Gasteiger charge is 2.36. The second kappa shape index (κ2) is 4.26. The Morgan fingerprint density at radius 1 is 1.38 bits per heavy atom. The number of nitrogens with two attached hydrogens (primary N) is 1. The van der Waals surface area contributed by atoms with Crippen molar-refractivity contribution >= 4 is 11.6 Å². The molecule has 3 N–H and O–H groups in total. The largest absolute Gasteiger partial charge is 0.330 e. The van der Waals surface area contributed by atoms with Crippen molar-refractivity contribution in [3.8, 4) is 0 Å². The average molecular weight is 218 g/mol. The van der Waals surface area contributed by atoms with E-state index in [1.807, 2.05) is 12.1 Å². The fraction of sp³-hybridized carbons (Fsp3) is 0.462. The number of nitrogens with one attached hydrogen (secondary N) is 1. The van der Waals surface area contributed by atoms with Gasteiger partial charge in [0.05, 0.1) is 0 Å². The first-order valence-electron chi connectivity index (χ1n) is 5.74. The zero-order valence-electron chi connectivity index (χ0n) is 9.62. The molecule has 0 spiro atoms. The van der Waals surface area contributed by atoms with Crippen molar-refractivity contribution in [2.75, 3.05) is 11.9 Å². The van der Waals surface area contributed by atoms with Crippen molar-refractivity contribution in [2.45, 2.75) is 31.6 Å². The van der Waals surface area contributed by atoms with Crippen LogP contribution in [0.2, 0.25) is 0 Å². The minimum absolute atomic E-state index is 0.0371. The van der Waals surface area contributed by atoms with Gasteiger partial charge in [-0.05, 0) is 30.5 Å². The lowest BCUT2D eigenvalue weighted by molar-refractivity contribution is -0.114. The summed E-state index contributed by atoms with van der Waals surface area (Å²) >= 11 is 0. The highest BCUT2D eigenvalue weighted by molar-refractivity contribution is 5.88. The zero-order chi connectivity index (χ0) is 11.6. The average Bonchev–Trinajstić information content (AvgIpc) is 2.19. The van der Waals surface area contributed by atoms with Gasteiger partial charge in [0.1, 0.15) is 0 Å². The lowest BCUT2D eigenvalue weighted by Gasteiger charge is -2.41. The molecule has 0 radical (unpaired) electrons. The quantitative estimate of drug-likeness (QED) is 0.815. The number of amides is 1. The van der Waals surface area contributed by atoms with Crippen LogP contribution >= 0.6 is 0 Å². The number of hydrogen-bond acceptors (Lipinski definition) is 2. The van der Waals surface area contributed by atoms with Crippen LogP contribution in [0, 0.1) is 0 Å². The Labute approximate surface area is 96.0 Å². The molecule has 0 atom stereocenters. The van der Waals surface area contributed by atoms with Gasteiger partial charge in [0.2, 0.25) is 5.91 Å². The molecule has 3 heteroatoms. The van der Waals surface area contributed by atoms with Crippen LogP contribution < -0.4 is 11.1 Å². The van der Waals surface area contributed by atoms with Gasteiger partial charge >= 0.3 is 0 Å². The Balaban J connectivity index is 2.15. The van der Waals surface area contributed by atoms with Crippen LogP contribution in [0.5, 0.6) is 0 Å². The topological polar surface area (TPSA) is 55.1 Å². The molecule has 1 aromatic carbocycles. The molecule has 0 aliphatic heterocycles. The van der Waals surface area contributed by atoms with Gasteiger partial charge in [-0.2, -0.15) is 0 Å². The van der Waals surface area contributed by atoms with Crippen LogP contribution in [0.1, 0.15) is 31.7 Å². The Morgan fingerprint density at radius 2 is 2.00 bits per heavy atom. The molecule has 1 saturated carbocycles. The van der Waals surface area contributed by atoms with Gasteiger partial charge in [-0.3, -0.25) is 4.79 Å². The predicted octanol–water partition coefficient (Wildman–Crippen LogP) is 2.03. The number of rotatable bonds is 3.